The van der Waals surface area contributed by atoms with Gasteiger partial charge in [0.15, 0.2) is 0 Å². The number of anilines is 1. The van der Waals surface area contributed by atoms with E-state index in [2.05, 4.69) is 43.0 Å². The summed E-state index contributed by atoms with van der Waals surface area (Å²) < 4.78 is 5.52. The first-order valence-corrected chi connectivity index (χ1v) is 5.76. The van der Waals surface area contributed by atoms with Crippen molar-refractivity contribution in [3.05, 3.63) is 12.4 Å². The number of hydrogen-bond acceptors (Lipinski definition) is 4. The van der Waals surface area contributed by atoms with Gasteiger partial charge >= 0.3 is 0 Å². The van der Waals surface area contributed by atoms with Crippen LogP contribution in [0.15, 0.2) is 12.4 Å². The maximum Gasteiger partial charge on any atom is 0.218 e. The van der Waals surface area contributed by atoms with Crippen molar-refractivity contribution in [3.8, 4) is 5.88 Å². The molecule has 0 aliphatic heterocycles. The van der Waals surface area contributed by atoms with Crippen molar-refractivity contribution < 1.29 is 4.74 Å². The molecule has 90 valence electrons. The Morgan fingerprint density at radius 3 is 2.56 bits per heavy atom. The molecule has 0 amide bonds. The van der Waals surface area contributed by atoms with Crippen molar-refractivity contribution in [2.75, 3.05) is 18.5 Å². The molecule has 0 saturated heterocycles. The van der Waals surface area contributed by atoms with Crippen LogP contribution in [0.25, 0.3) is 0 Å². The standard InChI is InChI=1S/C12H21N3O/c1-9(2)6-13-11-5-12(15-8-14-11)16-7-10(3)4/h5,8-10H,6-7H2,1-4H3,(H,13,14,15). The second-order valence-corrected chi connectivity index (χ2v) is 4.72. The predicted molar refractivity (Wildman–Crippen MR) is 65.7 cm³/mol. The topological polar surface area (TPSA) is 47.0 Å². The molecule has 16 heavy (non-hydrogen) atoms. The zero-order chi connectivity index (χ0) is 12.0. The molecule has 0 atom stereocenters. The molecule has 1 heterocycles. The van der Waals surface area contributed by atoms with Crippen LogP contribution in [-0.4, -0.2) is 23.1 Å². The molecule has 1 rings (SSSR count). The van der Waals surface area contributed by atoms with E-state index in [0.717, 1.165) is 12.4 Å². The van der Waals surface area contributed by atoms with Crippen molar-refractivity contribution in [1.29, 1.82) is 0 Å². The lowest BCUT2D eigenvalue weighted by atomic mass is 10.2. The number of nitrogens with zero attached hydrogens (tertiary/aromatic N) is 2. The lowest BCUT2D eigenvalue weighted by molar-refractivity contribution is 0.261. The summed E-state index contributed by atoms with van der Waals surface area (Å²) in [5.74, 6) is 2.55. The van der Waals surface area contributed by atoms with E-state index in [1.54, 1.807) is 0 Å². The van der Waals surface area contributed by atoms with E-state index in [4.69, 9.17) is 4.74 Å². The number of hydrogen-bond donors (Lipinski definition) is 1. The third-order valence-electron chi connectivity index (χ3n) is 1.90. The Hall–Kier alpha value is -1.32. The second-order valence-electron chi connectivity index (χ2n) is 4.72. The van der Waals surface area contributed by atoms with Gasteiger partial charge in [-0.15, -0.1) is 0 Å². The monoisotopic (exact) mass is 223 g/mol. The summed E-state index contributed by atoms with van der Waals surface area (Å²) in [4.78, 5) is 8.20. The van der Waals surface area contributed by atoms with E-state index in [1.165, 1.54) is 6.33 Å². The fourth-order valence-corrected chi connectivity index (χ4v) is 1.08. The number of aromatic nitrogens is 2. The van der Waals surface area contributed by atoms with Gasteiger partial charge in [0, 0.05) is 12.6 Å². The van der Waals surface area contributed by atoms with E-state index in [0.29, 0.717) is 24.3 Å². The Kier molecular flexibility index (Phi) is 5.02. The maximum absolute atomic E-state index is 5.52. The first-order chi connectivity index (χ1) is 7.58. The molecule has 0 unspecified atom stereocenters. The van der Waals surface area contributed by atoms with Crippen molar-refractivity contribution in [2.45, 2.75) is 27.7 Å². The zero-order valence-electron chi connectivity index (χ0n) is 10.5. The highest BCUT2D eigenvalue weighted by molar-refractivity contribution is 5.36. The lowest BCUT2D eigenvalue weighted by Crippen LogP contribution is -2.10. The Balaban J connectivity index is 2.50. The minimum absolute atomic E-state index is 0.502. The van der Waals surface area contributed by atoms with Gasteiger partial charge in [0.2, 0.25) is 5.88 Å². The molecule has 1 aromatic heterocycles. The molecule has 0 aliphatic rings. The Bertz CT molecular complexity index is 286. The van der Waals surface area contributed by atoms with Crippen LogP contribution in [-0.2, 0) is 0 Å². The van der Waals surface area contributed by atoms with Gasteiger partial charge in [-0.2, -0.15) is 0 Å². The third-order valence-corrected chi connectivity index (χ3v) is 1.90. The fourth-order valence-electron chi connectivity index (χ4n) is 1.08. The van der Waals surface area contributed by atoms with Gasteiger partial charge < -0.3 is 10.1 Å². The smallest absolute Gasteiger partial charge is 0.218 e. The molecular formula is C12H21N3O. The minimum atomic E-state index is 0.502. The van der Waals surface area contributed by atoms with Gasteiger partial charge in [-0.05, 0) is 11.8 Å². The van der Waals surface area contributed by atoms with Crippen molar-refractivity contribution in [3.63, 3.8) is 0 Å². The first kappa shape index (κ1) is 12.7. The van der Waals surface area contributed by atoms with Crippen molar-refractivity contribution in [1.82, 2.24) is 9.97 Å². The van der Waals surface area contributed by atoms with Gasteiger partial charge in [0.05, 0.1) is 6.61 Å². The molecule has 4 nitrogen and oxygen atoms in total. The Morgan fingerprint density at radius 1 is 1.19 bits per heavy atom. The quantitative estimate of drug-likeness (QED) is 0.805. The van der Waals surface area contributed by atoms with Crippen molar-refractivity contribution >= 4 is 5.82 Å². The maximum atomic E-state index is 5.52. The predicted octanol–water partition coefficient (Wildman–Crippen LogP) is 2.58. The molecule has 1 N–H and O–H groups in total. The van der Waals surface area contributed by atoms with Gasteiger partial charge in [-0.3, -0.25) is 0 Å². The van der Waals surface area contributed by atoms with Gasteiger partial charge in [0.25, 0.3) is 0 Å². The van der Waals surface area contributed by atoms with E-state index in [9.17, 15) is 0 Å². The van der Waals surface area contributed by atoms with Crippen LogP contribution in [0.5, 0.6) is 5.88 Å². The number of ether oxygens (including phenoxy) is 1. The highest BCUT2D eigenvalue weighted by atomic mass is 16.5. The van der Waals surface area contributed by atoms with Crippen LogP contribution in [0.3, 0.4) is 0 Å². The highest BCUT2D eigenvalue weighted by Gasteiger charge is 2.01. The average Bonchev–Trinajstić information content (AvgIpc) is 2.24. The average molecular weight is 223 g/mol. The SMILES string of the molecule is CC(C)CNc1cc(OCC(C)C)ncn1. The van der Waals surface area contributed by atoms with Crippen LogP contribution in [0.4, 0.5) is 5.82 Å². The summed E-state index contributed by atoms with van der Waals surface area (Å²) >= 11 is 0. The normalized spacial score (nSPS) is 10.9. The molecule has 0 radical (unpaired) electrons. The fraction of sp³-hybridized carbons (Fsp3) is 0.667. The summed E-state index contributed by atoms with van der Waals surface area (Å²) in [6, 6.07) is 1.84. The molecule has 0 saturated carbocycles. The number of rotatable bonds is 6. The van der Waals surface area contributed by atoms with Gasteiger partial charge in [-0.25, -0.2) is 9.97 Å². The summed E-state index contributed by atoms with van der Waals surface area (Å²) in [6.45, 7) is 10.1. The van der Waals surface area contributed by atoms with Gasteiger partial charge in [-0.1, -0.05) is 27.7 Å². The Morgan fingerprint density at radius 2 is 1.94 bits per heavy atom. The molecule has 0 aliphatic carbocycles. The summed E-state index contributed by atoms with van der Waals surface area (Å²) in [5, 5.41) is 3.24. The molecule has 0 spiro atoms. The molecule has 0 bridgehead atoms. The van der Waals surface area contributed by atoms with E-state index in [1.807, 2.05) is 6.07 Å². The van der Waals surface area contributed by atoms with Crippen LogP contribution < -0.4 is 10.1 Å². The summed E-state index contributed by atoms with van der Waals surface area (Å²) in [7, 11) is 0. The third kappa shape index (κ3) is 4.96. The van der Waals surface area contributed by atoms with Crippen LogP contribution in [0, 0.1) is 11.8 Å². The molecule has 4 heteroatoms. The Labute approximate surface area is 97.5 Å². The van der Waals surface area contributed by atoms with Gasteiger partial charge in [0.1, 0.15) is 12.1 Å². The lowest BCUT2D eigenvalue weighted by Gasteiger charge is -2.10. The molecule has 0 aromatic carbocycles. The highest BCUT2D eigenvalue weighted by Crippen LogP contribution is 2.12. The number of nitrogens with one attached hydrogen (secondary N) is 1. The summed E-state index contributed by atoms with van der Waals surface area (Å²) in [5.41, 5.74) is 0. The zero-order valence-corrected chi connectivity index (χ0v) is 10.5. The van der Waals surface area contributed by atoms with E-state index >= 15 is 0 Å². The summed E-state index contributed by atoms with van der Waals surface area (Å²) in [6.07, 6.45) is 1.53. The molecular weight excluding hydrogens is 202 g/mol. The van der Waals surface area contributed by atoms with Crippen molar-refractivity contribution in [2.24, 2.45) is 11.8 Å². The van der Waals surface area contributed by atoms with Crippen LogP contribution >= 0.6 is 0 Å². The molecule has 0 fully saturated rings. The van der Waals surface area contributed by atoms with Crippen LogP contribution in [0.1, 0.15) is 27.7 Å². The second kappa shape index (κ2) is 6.30. The largest absolute Gasteiger partial charge is 0.477 e. The van der Waals surface area contributed by atoms with E-state index < -0.39 is 0 Å². The van der Waals surface area contributed by atoms with E-state index in [-0.39, 0.29) is 0 Å². The first-order valence-electron chi connectivity index (χ1n) is 5.76. The minimum Gasteiger partial charge on any atom is -0.477 e. The van der Waals surface area contributed by atoms with Crippen LogP contribution in [0.2, 0.25) is 0 Å². The molecule has 1 aromatic rings.